The van der Waals surface area contributed by atoms with E-state index in [1.807, 2.05) is 0 Å². The second kappa shape index (κ2) is 5.35. The average molecular weight is 249 g/mol. The standard InChI is InChI=1S/C13H19N3O2/c1-16-8-10(5-6-12(16)17)15-13(18)11-4-2-3-9(11)7-14/h5-6,8-9,11H,2-4,7,14H2,1H3,(H,15,18). The number of anilines is 1. The Balaban J connectivity index is 2.06. The minimum atomic E-state index is -0.0892. The summed E-state index contributed by atoms with van der Waals surface area (Å²) in [4.78, 5) is 23.4. The summed E-state index contributed by atoms with van der Waals surface area (Å²) in [6.07, 6.45) is 4.63. The molecular formula is C13H19N3O2. The number of nitrogens with two attached hydrogens (primary N) is 1. The number of amides is 1. The Hall–Kier alpha value is -1.62. The zero-order valence-corrected chi connectivity index (χ0v) is 10.6. The van der Waals surface area contributed by atoms with Crippen molar-refractivity contribution in [3.8, 4) is 0 Å². The first kappa shape index (κ1) is 12.8. The van der Waals surface area contributed by atoms with Crippen LogP contribution in [-0.4, -0.2) is 17.0 Å². The third-order valence-electron chi connectivity index (χ3n) is 3.65. The first-order valence-electron chi connectivity index (χ1n) is 6.29. The van der Waals surface area contributed by atoms with E-state index in [-0.39, 0.29) is 23.3 Å². The van der Waals surface area contributed by atoms with Crippen LogP contribution in [0.3, 0.4) is 0 Å². The normalized spacial score (nSPS) is 23.0. The molecule has 0 aromatic carbocycles. The molecule has 1 heterocycles. The van der Waals surface area contributed by atoms with Gasteiger partial charge in [0.05, 0.1) is 5.69 Å². The lowest BCUT2D eigenvalue weighted by Gasteiger charge is -2.17. The predicted molar refractivity (Wildman–Crippen MR) is 70.2 cm³/mol. The monoisotopic (exact) mass is 249 g/mol. The van der Waals surface area contributed by atoms with Crippen molar-refractivity contribution in [3.05, 3.63) is 28.7 Å². The Morgan fingerprint density at radius 1 is 1.50 bits per heavy atom. The van der Waals surface area contributed by atoms with Crippen molar-refractivity contribution < 1.29 is 4.79 Å². The zero-order valence-electron chi connectivity index (χ0n) is 10.6. The minimum absolute atomic E-state index is 0.00670. The molecule has 1 saturated carbocycles. The SMILES string of the molecule is Cn1cc(NC(=O)C2CCCC2CN)ccc1=O. The van der Waals surface area contributed by atoms with E-state index in [4.69, 9.17) is 5.73 Å². The Bertz CT molecular complexity index is 495. The fourth-order valence-corrected chi connectivity index (χ4v) is 2.57. The van der Waals surface area contributed by atoms with E-state index in [2.05, 4.69) is 5.32 Å². The Morgan fingerprint density at radius 2 is 2.28 bits per heavy atom. The van der Waals surface area contributed by atoms with Crippen LogP contribution in [0.25, 0.3) is 0 Å². The highest BCUT2D eigenvalue weighted by Gasteiger charge is 2.31. The topological polar surface area (TPSA) is 77.1 Å². The second-order valence-corrected chi connectivity index (χ2v) is 4.89. The molecule has 0 saturated heterocycles. The van der Waals surface area contributed by atoms with Crippen LogP contribution in [0.2, 0.25) is 0 Å². The molecule has 5 heteroatoms. The molecule has 1 fully saturated rings. The fourth-order valence-electron chi connectivity index (χ4n) is 2.57. The smallest absolute Gasteiger partial charge is 0.250 e. The van der Waals surface area contributed by atoms with E-state index >= 15 is 0 Å². The highest BCUT2D eigenvalue weighted by atomic mass is 16.2. The Labute approximate surface area is 106 Å². The summed E-state index contributed by atoms with van der Waals surface area (Å²) in [6.45, 7) is 0.561. The van der Waals surface area contributed by atoms with Crippen LogP contribution in [0.1, 0.15) is 19.3 Å². The van der Waals surface area contributed by atoms with E-state index in [0.29, 0.717) is 12.2 Å². The van der Waals surface area contributed by atoms with Gasteiger partial charge in [0, 0.05) is 25.2 Å². The molecule has 2 atom stereocenters. The van der Waals surface area contributed by atoms with Gasteiger partial charge in [-0.2, -0.15) is 0 Å². The van der Waals surface area contributed by atoms with Crippen molar-refractivity contribution in [2.75, 3.05) is 11.9 Å². The number of hydrogen-bond donors (Lipinski definition) is 2. The van der Waals surface area contributed by atoms with Crippen LogP contribution in [0.4, 0.5) is 5.69 Å². The van der Waals surface area contributed by atoms with Crippen molar-refractivity contribution in [1.29, 1.82) is 0 Å². The third-order valence-corrected chi connectivity index (χ3v) is 3.65. The Kier molecular flexibility index (Phi) is 3.81. The minimum Gasteiger partial charge on any atom is -0.330 e. The number of carbonyl (C=O) groups excluding carboxylic acids is 1. The average Bonchev–Trinajstić information content (AvgIpc) is 2.82. The van der Waals surface area contributed by atoms with Gasteiger partial charge in [0.1, 0.15) is 0 Å². The summed E-state index contributed by atoms with van der Waals surface area (Å²) < 4.78 is 1.45. The van der Waals surface area contributed by atoms with E-state index in [1.54, 1.807) is 19.3 Å². The molecule has 1 aromatic heterocycles. The second-order valence-electron chi connectivity index (χ2n) is 4.89. The first-order valence-corrected chi connectivity index (χ1v) is 6.29. The number of hydrogen-bond acceptors (Lipinski definition) is 3. The quantitative estimate of drug-likeness (QED) is 0.827. The molecule has 1 aliphatic rings. The molecule has 5 nitrogen and oxygen atoms in total. The van der Waals surface area contributed by atoms with Crippen LogP contribution in [0.5, 0.6) is 0 Å². The molecule has 0 radical (unpaired) electrons. The number of aryl methyl sites for hydroxylation is 1. The number of nitrogens with zero attached hydrogens (tertiary/aromatic N) is 1. The summed E-state index contributed by atoms with van der Waals surface area (Å²) >= 11 is 0. The highest BCUT2D eigenvalue weighted by molar-refractivity contribution is 5.92. The number of carbonyl (C=O) groups is 1. The predicted octanol–water partition coefficient (Wildman–Crippen LogP) is 0.699. The number of aromatic nitrogens is 1. The molecule has 0 spiro atoms. The molecule has 2 unspecified atom stereocenters. The van der Waals surface area contributed by atoms with E-state index < -0.39 is 0 Å². The van der Waals surface area contributed by atoms with E-state index in [9.17, 15) is 9.59 Å². The van der Waals surface area contributed by atoms with E-state index in [0.717, 1.165) is 19.3 Å². The van der Waals surface area contributed by atoms with Gasteiger partial charge in [0.15, 0.2) is 0 Å². The van der Waals surface area contributed by atoms with Crippen LogP contribution in [0.15, 0.2) is 23.1 Å². The van der Waals surface area contributed by atoms with Gasteiger partial charge in [-0.25, -0.2) is 0 Å². The van der Waals surface area contributed by atoms with Crippen LogP contribution >= 0.6 is 0 Å². The van der Waals surface area contributed by atoms with Crippen molar-refractivity contribution in [1.82, 2.24) is 4.57 Å². The molecule has 0 bridgehead atoms. The maximum absolute atomic E-state index is 12.1. The van der Waals surface area contributed by atoms with Crippen LogP contribution < -0.4 is 16.6 Å². The summed E-state index contributed by atoms with van der Waals surface area (Å²) in [6, 6.07) is 3.08. The summed E-state index contributed by atoms with van der Waals surface area (Å²) in [5.74, 6) is 0.311. The zero-order chi connectivity index (χ0) is 13.1. The maximum Gasteiger partial charge on any atom is 0.250 e. The van der Waals surface area contributed by atoms with Gasteiger partial charge >= 0.3 is 0 Å². The molecule has 1 aromatic rings. The lowest BCUT2D eigenvalue weighted by atomic mass is 9.95. The number of pyridine rings is 1. The van der Waals surface area contributed by atoms with Crippen molar-refractivity contribution in [3.63, 3.8) is 0 Å². The lowest BCUT2D eigenvalue weighted by molar-refractivity contribution is -0.120. The number of nitrogens with one attached hydrogen (secondary N) is 1. The molecule has 1 aliphatic carbocycles. The van der Waals surface area contributed by atoms with Gasteiger partial charge < -0.3 is 15.6 Å². The lowest BCUT2D eigenvalue weighted by Crippen LogP contribution is -2.30. The van der Waals surface area contributed by atoms with Crippen molar-refractivity contribution in [2.24, 2.45) is 24.6 Å². The molecule has 3 N–H and O–H groups in total. The molecule has 98 valence electrons. The van der Waals surface area contributed by atoms with Crippen LogP contribution in [-0.2, 0) is 11.8 Å². The third kappa shape index (κ3) is 2.61. The Morgan fingerprint density at radius 3 is 2.94 bits per heavy atom. The molecule has 1 amide bonds. The summed E-state index contributed by atoms with van der Waals surface area (Å²) in [7, 11) is 1.66. The molecular weight excluding hydrogens is 230 g/mol. The fraction of sp³-hybridized carbons (Fsp3) is 0.538. The highest BCUT2D eigenvalue weighted by Crippen LogP contribution is 2.31. The molecule has 18 heavy (non-hydrogen) atoms. The van der Waals surface area contributed by atoms with Gasteiger partial charge in [0.2, 0.25) is 11.5 Å². The molecule has 0 aliphatic heterocycles. The van der Waals surface area contributed by atoms with Crippen molar-refractivity contribution >= 4 is 11.6 Å². The van der Waals surface area contributed by atoms with Gasteiger partial charge in [-0.1, -0.05) is 6.42 Å². The first-order chi connectivity index (χ1) is 8.61. The van der Waals surface area contributed by atoms with Crippen molar-refractivity contribution in [2.45, 2.75) is 19.3 Å². The van der Waals surface area contributed by atoms with Gasteiger partial charge in [-0.3, -0.25) is 9.59 Å². The largest absolute Gasteiger partial charge is 0.330 e. The van der Waals surface area contributed by atoms with Gasteiger partial charge in [0.25, 0.3) is 0 Å². The van der Waals surface area contributed by atoms with Gasteiger partial charge in [-0.05, 0) is 31.4 Å². The molecule has 2 rings (SSSR count). The van der Waals surface area contributed by atoms with Gasteiger partial charge in [-0.15, -0.1) is 0 Å². The summed E-state index contributed by atoms with van der Waals surface area (Å²) in [5, 5.41) is 2.86. The summed E-state index contributed by atoms with van der Waals surface area (Å²) in [5.41, 5.74) is 6.24. The number of rotatable bonds is 3. The van der Waals surface area contributed by atoms with E-state index in [1.165, 1.54) is 10.6 Å². The van der Waals surface area contributed by atoms with Crippen LogP contribution in [0, 0.1) is 11.8 Å². The maximum atomic E-state index is 12.1.